The fourth-order valence-corrected chi connectivity index (χ4v) is 2.52. The van der Waals surface area contributed by atoms with Crippen molar-refractivity contribution in [1.82, 2.24) is 0 Å². The van der Waals surface area contributed by atoms with Gasteiger partial charge in [0.2, 0.25) is 0 Å². The van der Waals surface area contributed by atoms with Crippen LogP contribution in [-0.2, 0) is 13.2 Å². The smallest absolute Gasteiger partial charge is 0.172 e. The number of benzene rings is 3. The number of carbonyl (C=O) groups excluding carboxylic acids is 1. The quantitative estimate of drug-likeness (QED) is 0.568. The number of para-hydroxylation sites is 1. The minimum absolute atomic E-state index is 0.0479. The second kappa shape index (κ2) is 8.15. The van der Waals surface area contributed by atoms with Gasteiger partial charge in [-0.25, -0.2) is 0 Å². The summed E-state index contributed by atoms with van der Waals surface area (Å²) in [5.74, 6) is 1.02. The SMILES string of the molecule is CC(=O)c1cccc(OCc2ccccc2)c1OCc1ccccc1. The van der Waals surface area contributed by atoms with Crippen molar-refractivity contribution in [3.8, 4) is 11.5 Å². The Hall–Kier alpha value is -3.07. The van der Waals surface area contributed by atoms with Crippen LogP contribution in [0.15, 0.2) is 78.9 Å². The monoisotopic (exact) mass is 332 g/mol. The summed E-state index contributed by atoms with van der Waals surface area (Å²) < 4.78 is 11.9. The standard InChI is InChI=1S/C22H20O3/c1-17(23)20-13-8-14-21(24-15-18-9-4-2-5-10-18)22(20)25-16-19-11-6-3-7-12-19/h2-14H,15-16H2,1H3. The molecule has 0 aliphatic rings. The maximum atomic E-state index is 12.0. The van der Waals surface area contributed by atoms with Crippen LogP contribution >= 0.6 is 0 Å². The average molecular weight is 332 g/mol. The van der Waals surface area contributed by atoms with E-state index in [1.54, 1.807) is 6.07 Å². The second-order valence-corrected chi connectivity index (χ2v) is 5.74. The molecule has 0 saturated heterocycles. The highest BCUT2D eigenvalue weighted by atomic mass is 16.5. The van der Waals surface area contributed by atoms with Crippen molar-refractivity contribution in [2.24, 2.45) is 0 Å². The molecule has 126 valence electrons. The first-order valence-electron chi connectivity index (χ1n) is 8.21. The molecule has 0 aliphatic carbocycles. The van der Waals surface area contributed by atoms with Gasteiger partial charge in [-0.1, -0.05) is 66.7 Å². The number of hydrogen-bond acceptors (Lipinski definition) is 3. The van der Waals surface area contributed by atoms with Crippen molar-refractivity contribution in [2.45, 2.75) is 20.1 Å². The Labute approximate surface area is 147 Å². The van der Waals surface area contributed by atoms with E-state index in [1.807, 2.05) is 72.8 Å². The molecule has 0 bridgehead atoms. The van der Waals surface area contributed by atoms with E-state index in [0.29, 0.717) is 30.3 Å². The van der Waals surface area contributed by atoms with E-state index in [4.69, 9.17) is 9.47 Å². The molecule has 0 atom stereocenters. The molecule has 3 nitrogen and oxygen atoms in total. The summed E-state index contributed by atoms with van der Waals surface area (Å²) >= 11 is 0. The molecule has 0 radical (unpaired) electrons. The number of ether oxygens (including phenoxy) is 2. The zero-order valence-electron chi connectivity index (χ0n) is 14.1. The molecule has 0 saturated carbocycles. The molecule has 25 heavy (non-hydrogen) atoms. The Bertz CT molecular complexity index is 826. The normalized spacial score (nSPS) is 10.3. The van der Waals surface area contributed by atoms with E-state index in [2.05, 4.69) is 0 Å². The molecule has 0 N–H and O–H groups in total. The van der Waals surface area contributed by atoms with Crippen LogP contribution in [0.4, 0.5) is 0 Å². The van der Waals surface area contributed by atoms with Gasteiger partial charge in [0.15, 0.2) is 17.3 Å². The Morgan fingerprint density at radius 1 is 0.720 bits per heavy atom. The van der Waals surface area contributed by atoms with E-state index < -0.39 is 0 Å². The molecule has 0 heterocycles. The van der Waals surface area contributed by atoms with Crippen LogP contribution in [0.2, 0.25) is 0 Å². The van der Waals surface area contributed by atoms with E-state index >= 15 is 0 Å². The third-order valence-electron chi connectivity index (χ3n) is 3.82. The molecular formula is C22H20O3. The minimum Gasteiger partial charge on any atom is -0.485 e. The Kier molecular flexibility index (Phi) is 5.47. The van der Waals surface area contributed by atoms with E-state index in [0.717, 1.165) is 11.1 Å². The van der Waals surface area contributed by atoms with Gasteiger partial charge < -0.3 is 9.47 Å². The van der Waals surface area contributed by atoms with Crippen LogP contribution < -0.4 is 9.47 Å². The lowest BCUT2D eigenvalue weighted by molar-refractivity contribution is 0.101. The van der Waals surface area contributed by atoms with Gasteiger partial charge in [0.1, 0.15) is 13.2 Å². The first kappa shape index (κ1) is 16.8. The molecule has 3 aromatic rings. The van der Waals surface area contributed by atoms with Gasteiger partial charge in [-0.05, 0) is 30.2 Å². The summed E-state index contributed by atoms with van der Waals surface area (Å²) in [5.41, 5.74) is 2.63. The highest BCUT2D eigenvalue weighted by Gasteiger charge is 2.15. The highest BCUT2D eigenvalue weighted by molar-refractivity contribution is 5.97. The molecule has 3 aromatic carbocycles. The molecule has 3 rings (SSSR count). The van der Waals surface area contributed by atoms with Crippen LogP contribution in [0.3, 0.4) is 0 Å². The van der Waals surface area contributed by atoms with Crippen LogP contribution in [-0.4, -0.2) is 5.78 Å². The van der Waals surface area contributed by atoms with E-state index in [1.165, 1.54) is 6.92 Å². The van der Waals surface area contributed by atoms with Crippen molar-refractivity contribution in [2.75, 3.05) is 0 Å². The summed E-state index contributed by atoms with van der Waals surface area (Å²) in [5, 5.41) is 0. The van der Waals surface area contributed by atoms with Crippen molar-refractivity contribution in [1.29, 1.82) is 0 Å². The zero-order valence-corrected chi connectivity index (χ0v) is 14.1. The summed E-state index contributed by atoms with van der Waals surface area (Å²) in [4.78, 5) is 12.0. The number of ketones is 1. The molecule has 0 aliphatic heterocycles. The molecule has 0 amide bonds. The van der Waals surface area contributed by atoms with Crippen LogP contribution in [0.5, 0.6) is 11.5 Å². The van der Waals surface area contributed by atoms with Gasteiger partial charge in [0.05, 0.1) is 5.56 Å². The van der Waals surface area contributed by atoms with Gasteiger partial charge in [0, 0.05) is 0 Å². The van der Waals surface area contributed by atoms with Crippen LogP contribution in [0.25, 0.3) is 0 Å². The second-order valence-electron chi connectivity index (χ2n) is 5.74. The predicted octanol–water partition coefficient (Wildman–Crippen LogP) is 5.05. The Balaban J connectivity index is 1.81. The maximum absolute atomic E-state index is 12.0. The lowest BCUT2D eigenvalue weighted by Gasteiger charge is -2.15. The van der Waals surface area contributed by atoms with Gasteiger partial charge in [0.25, 0.3) is 0 Å². The summed E-state index contributed by atoms with van der Waals surface area (Å²) in [6.45, 7) is 2.34. The highest BCUT2D eigenvalue weighted by Crippen LogP contribution is 2.33. The Morgan fingerprint density at radius 3 is 1.84 bits per heavy atom. The van der Waals surface area contributed by atoms with Gasteiger partial charge in [-0.15, -0.1) is 0 Å². The average Bonchev–Trinajstić information content (AvgIpc) is 2.66. The molecular weight excluding hydrogens is 312 g/mol. The van der Waals surface area contributed by atoms with Crippen molar-refractivity contribution in [3.05, 3.63) is 95.6 Å². The molecule has 0 spiro atoms. The van der Waals surface area contributed by atoms with Gasteiger partial charge in [-0.2, -0.15) is 0 Å². The number of Topliss-reactive ketones (excluding diaryl/α,β-unsaturated/α-hetero) is 1. The van der Waals surface area contributed by atoms with E-state index in [9.17, 15) is 4.79 Å². The number of hydrogen-bond donors (Lipinski definition) is 0. The topological polar surface area (TPSA) is 35.5 Å². The Morgan fingerprint density at radius 2 is 1.28 bits per heavy atom. The van der Waals surface area contributed by atoms with Crippen LogP contribution in [0.1, 0.15) is 28.4 Å². The summed E-state index contributed by atoms with van der Waals surface area (Å²) in [6, 6.07) is 25.2. The third kappa shape index (κ3) is 4.48. The van der Waals surface area contributed by atoms with E-state index in [-0.39, 0.29) is 5.78 Å². The summed E-state index contributed by atoms with van der Waals surface area (Å²) in [7, 11) is 0. The molecule has 0 unspecified atom stereocenters. The maximum Gasteiger partial charge on any atom is 0.172 e. The fourth-order valence-electron chi connectivity index (χ4n) is 2.52. The van der Waals surface area contributed by atoms with Crippen LogP contribution in [0, 0.1) is 0 Å². The first-order chi connectivity index (χ1) is 12.2. The van der Waals surface area contributed by atoms with Crippen molar-refractivity contribution >= 4 is 5.78 Å². The lowest BCUT2D eigenvalue weighted by atomic mass is 10.1. The number of rotatable bonds is 7. The molecule has 3 heteroatoms. The van der Waals surface area contributed by atoms with Crippen molar-refractivity contribution < 1.29 is 14.3 Å². The predicted molar refractivity (Wildman–Crippen MR) is 98.0 cm³/mol. The lowest BCUT2D eigenvalue weighted by Crippen LogP contribution is -2.05. The zero-order chi connectivity index (χ0) is 17.5. The minimum atomic E-state index is -0.0479. The van der Waals surface area contributed by atoms with Gasteiger partial charge in [-0.3, -0.25) is 4.79 Å². The molecule has 0 fully saturated rings. The number of carbonyl (C=O) groups is 1. The van der Waals surface area contributed by atoms with Crippen molar-refractivity contribution in [3.63, 3.8) is 0 Å². The third-order valence-corrected chi connectivity index (χ3v) is 3.82. The molecule has 0 aromatic heterocycles. The fraction of sp³-hybridized carbons (Fsp3) is 0.136. The summed E-state index contributed by atoms with van der Waals surface area (Å²) in [6.07, 6.45) is 0. The van der Waals surface area contributed by atoms with Gasteiger partial charge >= 0.3 is 0 Å². The largest absolute Gasteiger partial charge is 0.485 e. The first-order valence-corrected chi connectivity index (χ1v) is 8.21.